The van der Waals surface area contributed by atoms with E-state index in [2.05, 4.69) is 20.2 Å². The normalized spacial score (nSPS) is 22.2. The lowest BCUT2D eigenvalue weighted by molar-refractivity contribution is -0.133. The third kappa shape index (κ3) is 4.01. The third-order valence-corrected chi connectivity index (χ3v) is 4.44. The Morgan fingerprint density at radius 1 is 1.56 bits per heavy atom. The number of hydrogen-bond acceptors (Lipinski definition) is 7. The van der Waals surface area contributed by atoms with Gasteiger partial charge in [0.2, 0.25) is 11.8 Å². The van der Waals surface area contributed by atoms with Gasteiger partial charge in [0.05, 0.1) is 6.54 Å². The fourth-order valence-electron chi connectivity index (χ4n) is 3.15. The van der Waals surface area contributed by atoms with E-state index in [1.54, 1.807) is 25.8 Å². The number of halogens is 1. The lowest BCUT2D eigenvalue weighted by atomic mass is 10.2. The van der Waals surface area contributed by atoms with Gasteiger partial charge < -0.3 is 9.42 Å². The zero-order valence-electron chi connectivity index (χ0n) is 14.5. The molecule has 0 aromatic carbocycles. The van der Waals surface area contributed by atoms with Gasteiger partial charge in [0.1, 0.15) is 24.9 Å². The van der Waals surface area contributed by atoms with Crippen molar-refractivity contribution in [3.05, 3.63) is 24.4 Å². The fourth-order valence-corrected chi connectivity index (χ4v) is 3.15. The minimum atomic E-state index is -0.922. The van der Waals surface area contributed by atoms with Crippen LogP contribution in [0.3, 0.4) is 0 Å². The Bertz CT molecular complexity index is 705. The summed E-state index contributed by atoms with van der Waals surface area (Å²) < 4.78 is 20.4. The van der Waals surface area contributed by atoms with Gasteiger partial charge in [-0.1, -0.05) is 5.16 Å². The summed E-state index contributed by atoms with van der Waals surface area (Å²) in [5, 5.41) is 7.86. The van der Waals surface area contributed by atoms with Gasteiger partial charge in [-0.05, 0) is 13.3 Å². The van der Waals surface area contributed by atoms with Gasteiger partial charge in [-0.2, -0.15) is 10.1 Å². The highest BCUT2D eigenvalue weighted by atomic mass is 19.1. The van der Waals surface area contributed by atoms with Crippen LogP contribution in [0.25, 0.3) is 0 Å². The van der Waals surface area contributed by atoms with Gasteiger partial charge in [0.25, 0.3) is 0 Å². The first kappa shape index (κ1) is 17.5. The van der Waals surface area contributed by atoms with Crippen LogP contribution < -0.4 is 0 Å². The molecule has 3 rings (SSSR count). The molecule has 0 bridgehead atoms. The average molecular weight is 351 g/mol. The summed E-state index contributed by atoms with van der Waals surface area (Å²) in [6, 6.07) is -0.547. The largest absolute Gasteiger partial charge is 0.342 e. The molecule has 0 radical (unpaired) electrons. The van der Waals surface area contributed by atoms with E-state index >= 15 is 0 Å². The summed E-state index contributed by atoms with van der Waals surface area (Å²) >= 11 is 0. The first-order valence-corrected chi connectivity index (χ1v) is 8.20. The molecular weight excluding hydrogens is 329 g/mol. The summed E-state index contributed by atoms with van der Waals surface area (Å²) in [6.45, 7) is 4.62. The van der Waals surface area contributed by atoms with Crippen molar-refractivity contribution in [2.75, 3.05) is 20.1 Å². The van der Waals surface area contributed by atoms with Crippen molar-refractivity contribution in [2.24, 2.45) is 0 Å². The number of rotatable bonds is 6. The highest BCUT2D eigenvalue weighted by Crippen LogP contribution is 2.23. The second kappa shape index (κ2) is 7.26. The van der Waals surface area contributed by atoms with Gasteiger partial charge in [-0.25, -0.2) is 14.1 Å². The zero-order chi connectivity index (χ0) is 18.0. The van der Waals surface area contributed by atoms with Crippen molar-refractivity contribution in [1.29, 1.82) is 0 Å². The van der Waals surface area contributed by atoms with Crippen molar-refractivity contribution >= 4 is 5.91 Å². The van der Waals surface area contributed by atoms with Gasteiger partial charge in [0.15, 0.2) is 5.82 Å². The van der Waals surface area contributed by atoms with Crippen molar-refractivity contribution in [1.82, 2.24) is 34.7 Å². The number of amides is 1. The standard InChI is InChI=1S/C15H22FN7O2/c1-10(23-9-17-8-18-23)15(24)21(3)6-13-4-12(16)5-22(13)7-14-19-11(2)25-20-14/h8-10,12-13H,4-7H2,1-3H3/t10?,12-,13-/m0/s1. The molecule has 2 aromatic rings. The van der Waals surface area contributed by atoms with E-state index in [-0.39, 0.29) is 11.9 Å². The number of likely N-dealkylation sites (N-methyl/N-ethyl adjacent to an activating group) is 1. The van der Waals surface area contributed by atoms with Crippen LogP contribution in [-0.2, 0) is 11.3 Å². The van der Waals surface area contributed by atoms with Crippen molar-refractivity contribution in [2.45, 2.75) is 45.1 Å². The van der Waals surface area contributed by atoms with E-state index in [0.29, 0.717) is 37.8 Å². The minimum Gasteiger partial charge on any atom is -0.342 e. The Kier molecular flexibility index (Phi) is 5.07. The number of carbonyl (C=O) groups excluding carboxylic acids is 1. The van der Waals surface area contributed by atoms with Crippen LogP contribution in [0.1, 0.15) is 31.1 Å². The lowest BCUT2D eigenvalue weighted by Gasteiger charge is -2.29. The highest BCUT2D eigenvalue weighted by molar-refractivity contribution is 5.79. The number of aryl methyl sites for hydroxylation is 1. The number of alkyl halides is 1. The molecule has 0 saturated carbocycles. The molecule has 136 valence electrons. The second-order valence-electron chi connectivity index (χ2n) is 6.42. The molecule has 1 aliphatic heterocycles. The summed E-state index contributed by atoms with van der Waals surface area (Å²) in [5.41, 5.74) is 0. The topological polar surface area (TPSA) is 93.2 Å². The first-order valence-electron chi connectivity index (χ1n) is 8.20. The molecule has 1 saturated heterocycles. The minimum absolute atomic E-state index is 0.0919. The van der Waals surface area contributed by atoms with E-state index < -0.39 is 12.2 Å². The Labute approximate surface area is 144 Å². The average Bonchev–Trinajstić information content (AvgIpc) is 3.29. The van der Waals surface area contributed by atoms with Crippen molar-refractivity contribution in [3.63, 3.8) is 0 Å². The first-order chi connectivity index (χ1) is 11.9. The molecular formula is C15H22FN7O2. The number of nitrogens with zero attached hydrogens (tertiary/aromatic N) is 7. The maximum absolute atomic E-state index is 13.9. The summed E-state index contributed by atoms with van der Waals surface area (Å²) in [5.74, 6) is 0.918. The van der Waals surface area contributed by atoms with E-state index in [1.165, 1.54) is 17.3 Å². The second-order valence-corrected chi connectivity index (χ2v) is 6.42. The van der Waals surface area contributed by atoms with E-state index in [9.17, 15) is 9.18 Å². The molecule has 3 atom stereocenters. The van der Waals surface area contributed by atoms with Gasteiger partial charge in [0, 0.05) is 33.1 Å². The van der Waals surface area contributed by atoms with Gasteiger partial charge in [-0.15, -0.1) is 0 Å². The molecule has 1 unspecified atom stereocenters. The molecule has 1 fully saturated rings. The van der Waals surface area contributed by atoms with Crippen LogP contribution >= 0.6 is 0 Å². The van der Waals surface area contributed by atoms with E-state index in [1.807, 2.05) is 4.90 Å². The van der Waals surface area contributed by atoms with Crippen LogP contribution in [0.5, 0.6) is 0 Å². The lowest BCUT2D eigenvalue weighted by Crippen LogP contribution is -2.43. The van der Waals surface area contributed by atoms with Crippen LogP contribution in [0.2, 0.25) is 0 Å². The zero-order valence-corrected chi connectivity index (χ0v) is 14.5. The smallest absolute Gasteiger partial charge is 0.247 e. The molecule has 1 amide bonds. The monoisotopic (exact) mass is 351 g/mol. The molecule has 25 heavy (non-hydrogen) atoms. The maximum atomic E-state index is 13.9. The Hall–Kier alpha value is -2.36. The summed E-state index contributed by atoms with van der Waals surface area (Å²) in [7, 11) is 1.72. The van der Waals surface area contributed by atoms with Gasteiger partial charge >= 0.3 is 0 Å². The predicted molar refractivity (Wildman–Crippen MR) is 85.1 cm³/mol. The maximum Gasteiger partial charge on any atom is 0.247 e. The Balaban J connectivity index is 1.62. The van der Waals surface area contributed by atoms with E-state index in [4.69, 9.17) is 4.52 Å². The van der Waals surface area contributed by atoms with Crippen LogP contribution in [-0.4, -0.2) is 73.0 Å². The number of likely N-dealkylation sites (tertiary alicyclic amines) is 1. The van der Waals surface area contributed by atoms with E-state index in [0.717, 1.165) is 0 Å². The molecule has 3 heterocycles. The predicted octanol–water partition coefficient (Wildman–Crippen LogP) is 0.602. The molecule has 0 N–H and O–H groups in total. The Morgan fingerprint density at radius 3 is 3.00 bits per heavy atom. The van der Waals surface area contributed by atoms with Crippen LogP contribution in [0.15, 0.2) is 17.2 Å². The van der Waals surface area contributed by atoms with Gasteiger partial charge in [-0.3, -0.25) is 9.69 Å². The molecule has 10 heteroatoms. The molecule has 2 aromatic heterocycles. The molecule has 0 aliphatic carbocycles. The SMILES string of the molecule is Cc1nc(CN2C[C@@H](F)C[C@H]2CN(C)C(=O)C(C)n2cncn2)no1. The van der Waals surface area contributed by atoms with Crippen LogP contribution in [0.4, 0.5) is 4.39 Å². The quantitative estimate of drug-likeness (QED) is 0.752. The molecule has 0 spiro atoms. The van der Waals surface area contributed by atoms with Crippen molar-refractivity contribution < 1.29 is 13.7 Å². The fraction of sp³-hybridized carbons (Fsp3) is 0.667. The number of carbonyl (C=O) groups is 1. The number of aromatic nitrogens is 5. The highest BCUT2D eigenvalue weighted by Gasteiger charge is 2.35. The summed E-state index contributed by atoms with van der Waals surface area (Å²) in [6.07, 6.45) is 2.36. The molecule has 1 aliphatic rings. The Morgan fingerprint density at radius 2 is 2.36 bits per heavy atom. The number of hydrogen-bond donors (Lipinski definition) is 0. The van der Waals surface area contributed by atoms with Crippen molar-refractivity contribution in [3.8, 4) is 0 Å². The molecule has 9 nitrogen and oxygen atoms in total. The summed E-state index contributed by atoms with van der Waals surface area (Å²) in [4.78, 5) is 24.2. The van der Waals surface area contributed by atoms with Crippen LogP contribution in [0, 0.1) is 6.92 Å². The third-order valence-electron chi connectivity index (χ3n) is 4.44.